The van der Waals surface area contributed by atoms with Gasteiger partial charge in [0.1, 0.15) is 5.82 Å². The summed E-state index contributed by atoms with van der Waals surface area (Å²) >= 11 is 0.667. The number of alkyl halides is 2. The monoisotopic (exact) mass is 409 g/mol. The highest BCUT2D eigenvalue weighted by Crippen LogP contribution is 2.50. The van der Waals surface area contributed by atoms with Crippen LogP contribution in [0.3, 0.4) is 0 Å². The number of thioether (sulfide) groups is 1. The molecule has 9 heteroatoms. The molecule has 2 heterocycles. The predicted molar refractivity (Wildman–Crippen MR) is 101 cm³/mol. The summed E-state index contributed by atoms with van der Waals surface area (Å²) in [5.41, 5.74) is 0.320. The highest BCUT2D eigenvalue weighted by molar-refractivity contribution is 8.16. The summed E-state index contributed by atoms with van der Waals surface area (Å²) in [7, 11) is 1.32. The molecule has 1 saturated heterocycles. The average Bonchev–Trinajstić information content (AvgIpc) is 2.97. The van der Waals surface area contributed by atoms with Gasteiger partial charge in [0.25, 0.3) is 5.92 Å². The number of nitrogens with zero attached hydrogens (tertiary/aromatic N) is 2. The molecule has 1 amide bonds. The number of amides is 1. The van der Waals surface area contributed by atoms with Crippen LogP contribution in [0.5, 0.6) is 5.88 Å². The minimum absolute atomic E-state index is 0.0306. The Kier molecular flexibility index (Phi) is 5.38. The third kappa shape index (κ3) is 3.58. The van der Waals surface area contributed by atoms with Gasteiger partial charge in [0.15, 0.2) is 9.91 Å². The number of ether oxygens (including phenoxy) is 1. The van der Waals surface area contributed by atoms with Crippen molar-refractivity contribution >= 4 is 22.8 Å². The van der Waals surface area contributed by atoms with Gasteiger partial charge in [-0.05, 0) is 37.6 Å². The van der Waals surface area contributed by atoms with Gasteiger partial charge in [-0.1, -0.05) is 23.9 Å². The average molecular weight is 409 g/mol. The molecule has 0 bridgehead atoms. The summed E-state index contributed by atoms with van der Waals surface area (Å²) in [5, 5.41) is 2.52. The van der Waals surface area contributed by atoms with Crippen LogP contribution >= 0.6 is 11.8 Å². The van der Waals surface area contributed by atoms with Gasteiger partial charge < -0.3 is 10.1 Å². The second-order valence-corrected chi connectivity index (χ2v) is 7.82. The van der Waals surface area contributed by atoms with E-state index in [9.17, 15) is 9.18 Å². The number of methoxy groups -OCH3 is 1. The van der Waals surface area contributed by atoms with Crippen LogP contribution in [0, 0.1) is 5.82 Å². The lowest BCUT2D eigenvalue weighted by Crippen LogP contribution is -2.47. The molecule has 1 aliphatic heterocycles. The lowest BCUT2D eigenvalue weighted by Gasteiger charge is -2.30. The lowest BCUT2D eigenvalue weighted by molar-refractivity contribution is -0.132. The zero-order valence-corrected chi connectivity index (χ0v) is 16.2. The van der Waals surface area contributed by atoms with Gasteiger partial charge in [0.2, 0.25) is 11.8 Å². The van der Waals surface area contributed by atoms with Gasteiger partial charge in [0, 0.05) is 17.8 Å². The molecule has 148 valence electrons. The van der Waals surface area contributed by atoms with Gasteiger partial charge >= 0.3 is 0 Å². The molecule has 2 atom stereocenters. The van der Waals surface area contributed by atoms with Crippen LogP contribution in [0.15, 0.2) is 47.6 Å². The number of hydrogen-bond donors (Lipinski definition) is 1. The molecule has 1 N–H and O–H groups in total. The lowest BCUT2D eigenvalue weighted by atomic mass is 9.95. The molecule has 2 unspecified atom stereocenters. The van der Waals surface area contributed by atoms with Crippen molar-refractivity contribution in [2.24, 2.45) is 4.99 Å². The van der Waals surface area contributed by atoms with Crippen molar-refractivity contribution in [1.29, 1.82) is 0 Å². The Balaban J connectivity index is 1.88. The Morgan fingerprint density at radius 2 is 1.96 bits per heavy atom. The predicted octanol–water partition coefficient (Wildman–Crippen LogP) is 4.06. The number of aromatic nitrogens is 1. The zero-order valence-electron chi connectivity index (χ0n) is 15.4. The first-order valence-corrected chi connectivity index (χ1v) is 9.21. The Labute approximate surface area is 164 Å². The van der Waals surface area contributed by atoms with E-state index >= 15 is 8.78 Å². The van der Waals surface area contributed by atoms with Crippen molar-refractivity contribution < 1.29 is 22.7 Å². The van der Waals surface area contributed by atoms with E-state index in [1.54, 1.807) is 19.1 Å². The summed E-state index contributed by atoms with van der Waals surface area (Å²) in [4.78, 5) is 20.6. The van der Waals surface area contributed by atoms with Crippen LogP contribution in [0.25, 0.3) is 0 Å². The van der Waals surface area contributed by atoms with E-state index in [1.165, 1.54) is 32.4 Å². The molecule has 1 aromatic heterocycles. The molecule has 2 aromatic rings. The van der Waals surface area contributed by atoms with Crippen molar-refractivity contribution in [1.82, 2.24) is 10.3 Å². The molecule has 0 saturated carbocycles. The number of rotatable bonds is 5. The molecule has 1 fully saturated rings. The number of nitrogens with one attached hydrogen (secondary N) is 1. The normalized spacial score (nSPS) is 22.2. The Morgan fingerprint density at radius 1 is 1.29 bits per heavy atom. The van der Waals surface area contributed by atoms with Crippen LogP contribution < -0.4 is 10.1 Å². The summed E-state index contributed by atoms with van der Waals surface area (Å²) in [6.07, 6.45) is 1.20. The number of carbonyl (C=O) groups excluding carboxylic acids is 1. The van der Waals surface area contributed by atoms with Crippen molar-refractivity contribution in [3.63, 3.8) is 0 Å². The van der Waals surface area contributed by atoms with E-state index in [2.05, 4.69) is 15.3 Å². The van der Waals surface area contributed by atoms with Crippen LogP contribution in [0.4, 0.5) is 13.2 Å². The number of amidine groups is 1. The standard InChI is InChI=1S/C19H18F3N3O2S/c1-11(12-4-6-14(20)7-5-12)24-17-25-16(26)18(2,28-17)19(21,22)13-8-9-23-15(10-13)27-3/h4-11H,1-3H3,(H,24,25,26). The van der Waals surface area contributed by atoms with Gasteiger partial charge in [-0.15, -0.1) is 0 Å². The number of aliphatic imine (C=N–C) groups is 1. The van der Waals surface area contributed by atoms with E-state index in [1.807, 2.05) is 0 Å². The minimum atomic E-state index is -3.51. The first-order valence-electron chi connectivity index (χ1n) is 8.39. The number of carbonyl (C=O) groups is 1. The van der Waals surface area contributed by atoms with Gasteiger partial charge in [0.05, 0.1) is 13.2 Å². The zero-order chi connectivity index (χ0) is 20.5. The molecule has 3 rings (SSSR count). The SMILES string of the molecule is COc1cc(C(F)(F)C2(C)SC(=NC(C)c3ccc(F)cc3)NC2=O)ccn1. The molecule has 1 aromatic carbocycles. The van der Waals surface area contributed by atoms with E-state index in [-0.39, 0.29) is 22.4 Å². The molecule has 5 nitrogen and oxygen atoms in total. The van der Waals surface area contributed by atoms with Crippen molar-refractivity contribution in [2.75, 3.05) is 7.11 Å². The smallest absolute Gasteiger partial charge is 0.296 e. The molecule has 1 aliphatic rings. The maximum atomic E-state index is 15.2. The van der Waals surface area contributed by atoms with Crippen LogP contribution in [-0.4, -0.2) is 27.9 Å². The van der Waals surface area contributed by atoms with Gasteiger partial charge in [-0.3, -0.25) is 9.79 Å². The minimum Gasteiger partial charge on any atom is -0.481 e. The molecular weight excluding hydrogens is 391 g/mol. The topological polar surface area (TPSA) is 63.6 Å². The Hall–Kier alpha value is -2.55. The van der Waals surface area contributed by atoms with E-state index in [4.69, 9.17) is 4.74 Å². The molecule has 0 spiro atoms. The Bertz CT molecular complexity index is 921. The summed E-state index contributed by atoms with van der Waals surface area (Å²) < 4.78 is 46.3. The van der Waals surface area contributed by atoms with Crippen LogP contribution in [-0.2, 0) is 10.7 Å². The third-order valence-electron chi connectivity index (χ3n) is 4.52. The van der Waals surface area contributed by atoms with Crippen LogP contribution in [0.1, 0.15) is 31.0 Å². The molecular formula is C19H18F3N3O2S. The fourth-order valence-electron chi connectivity index (χ4n) is 2.73. The van der Waals surface area contributed by atoms with E-state index in [0.717, 1.165) is 12.1 Å². The first-order chi connectivity index (χ1) is 13.2. The quantitative estimate of drug-likeness (QED) is 0.809. The van der Waals surface area contributed by atoms with Crippen molar-refractivity contribution in [3.05, 3.63) is 59.5 Å². The Morgan fingerprint density at radius 3 is 2.61 bits per heavy atom. The van der Waals surface area contributed by atoms with Crippen molar-refractivity contribution in [3.8, 4) is 5.88 Å². The van der Waals surface area contributed by atoms with Crippen LogP contribution in [0.2, 0.25) is 0 Å². The molecule has 0 radical (unpaired) electrons. The number of pyridine rings is 1. The fourth-order valence-corrected chi connectivity index (χ4v) is 3.86. The second-order valence-electron chi connectivity index (χ2n) is 6.41. The van der Waals surface area contributed by atoms with E-state index in [0.29, 0.717) is 17.3 Å². The van der Waals surface area contributed by atoms with E-state index < -0.39 is 22.6 Å². The highest BCUT2D eigenvalue weighted by atomic mass is 32.2. The summed E-state index contributed by atoms with van der Waals surface area (Å²) in [5.74, 6) is -4.70. The van der Waals surface area contributed by atoms with Crippen molar-refractivity contribution in [2.45, 2.75) is 30.6 Å². The number of halogens is 3. The molecule has 28 heavy (non-hydrogen) atoms. The van der Waals surface area contributed by atoms with Gasteiger partial charge in [-0.2, -0.15) is 8.78 Å². The largest absolute Gasteiger partial charge is 0.481 e. The number of hydrogen-bond acceptors (Lipinski definition) is 5. The maximum absolute atomic E-state index is 15.2. The molecule has 0 aliphatic carbocycles. The summed E-state index contributed by atoms with van der Waals surface area (Å²) in [6.45, 7) is 2.90. The summed E-state index contributed by atoms with van der Waals surface area (Å²) in [6, 6.07) is 7.52. The number of benzene rings is 1. The highest BCUT2D eigenvalue weighted by Gasteiger charge is 2.61. The third-order valence-corrected chi connectivity index (χ3v) is 5.77. The maximum Gasteiger partial charge on any atom is 0.296 e. The van der Waals surface area contributed by atoms with Gasteiger partial charge in [-0.25, -0.2) is 9.37 Å². The fraction of sp³-hybridized carbons (Fsp3) is 0.316. The second kappa shape index (κ2) is 7.46. The first kappa shape index (κ1) is 20.2.